The average molecular weight is 386 g/mol. The van der Waals surface area contributed by atoms with Crippen LogP contribution in [0.25, 0.3) is 0 Å². The number of hydrogen-bond donors (Lipinski definition) is 1. The Morgan fingerprint density at radius 2 is 1.93 bits per heavy atom. The van der Waals surface area contributed by atoms with Crippen molar-refractivity contribution >= 4 is 11.8 Å². The second kappa shape index (κ2) is 9.21. The molecule has 1 N–H and O–H groups in total. The zero-order chi connectivity index (χ0) is 20.0. The number of piperidine rings is 1. The Kier molecular flexibility index (Phi) is 7.24. The number of nitrogens with one attached hydrogen (secondary N) is 1. The molecule has 5 nitrogen and oxygen atoms in total. The summed E-state index contributed by atoms with van der Waals surface area (Å²) in [6.45, 7) is 3.24. The third kappa shape index (κ3) is 6.86. The number of benzene rings is 1. The Balaban J connectivity index is 1.89. The number of hydrogen-bond acceptors (Lipinski definition) is 3. The predicted octanol–water partition coefficient (Wildman–Crippen LogP) is 3.14. The molecule has 1 aromatic rings. The summed E-state index contributed by atoms with van der Waals surface area (Å²) in [5, 5.41) is 2.96. The minimum absolute atomic E-state index is 0.0301. The first-order valence-electron chi connectivity index (χ1n) is 8.99. The molecule has 1 unspecified atom stereocenters. The topological polar surface area (TPSA) is 58.6 Å². The lowest BCUT2D eigenvalue weighted by atomic mass is 10.0. The van der Waals surface area contributed by atoms with Crippen molar-refractivity contribution in [1.82, 2.24) is 10.2 Å². The van der Waals surface area contributed by atoms with Gasteiger partial charge in [0.25, 0.3) is 5.91 Å². The van der Waals surface area contributed by atoms with Crippen LogP contribution in [0.15, 0.2) is 24.3 Å². The fourth-order valence-corrected chi connectivity index (χ4v) is 2.86. The van der Waals surface area contributed by atoms with Gasteiger partial charge in [0, 0.05) is 30.6 Å². The van der Waals surface area contributed by atoms with Gasteiger partial charge in [0.05, 0.1) is 6.61 Å². The van der Waals surface area contributed by atoms with Crippen molar-refractivity contribution in [2.75, 3.05) is 19.7 Å². The fourth-order valence-electron chi connectivity index (χ4n) is 2.86. The molecule has 1 fully saturated rings. The molecule has 8 heteroatoms. The Morgan fingerprint density at radius 3 is 2.52 bits per heavy atom. The lowest BCUT2D eigenvalue weighted by Crippen LogP contribution is -2.50. The zero-order valence-electron chi connectivity index (χ0n) is 15.5. The maximum Gasteiger partial charge on any atom is 0.411 e. The summed E-state index contributed by atoms with van der Waals surface area (Å²) in [5.41, 5.74) is 1.03. The van der Waals surface area contributed by atoms with E-state index >= 15 is 0 Å². The number of nitrogens with zero attached hydrogens (tertiary/aromatic N) is 1. The molecule has 1 aromatic carbocycles. The molecule has 0 spiro atoms. The minimum Gasteiger partial charge on any atom is -0.367 e. The van der Waals surface area contributed by atoms with Gasteiger partial charge >= 0.3 is 6.18 Å². The number of amides is 2. The summed E-state index contributed by atoms with van der Waals surface area (Å²) < 4.78 is 40.9. The van der Waals surface area contributed by atoms with Gasteiger partial charge in [0.15, 0.2) is 0 Å². The molecule has 1 heterocycles. The minimum atomic E-state index is -4.36. The summed E-state index contributed by atoms with van der Waals surface area (Å²) in [7, 11) is 0. The van der Waals surface area contributed by atoms with Gasteiger partial charge in [-0.25, -0.2) is 0 Å². The number of likely N-dealkylation sites (tertiary alicyclic amines) is 1. The first kappa shape index (κ1) is 21.2. The molecule has 1 atom stereocenters. The van der Waals surface area contributed by atoms with Gasteiger partial charge < -0.3 is 15.0 Å². The maximum absolute atomic E-state index is 12.7. The van der Waals surface area contributed by atoms with Crippen LogP contribution in [0.2, 0.25) is 0 Å². The van der Waals surface area contributed by atoms with E-state index in [4.69, 9.17) is 0 Å². The van der Waals surface area contributed by atoms with Crippen molar-refractivity contribution in [3.63, 3.8) is 0 Å². The highest BCUT2D eigenvalue weighted by Crippen LogP contribution is 2.17. The van der Waals surface area contributed by atoms with E-state index < -0.39 is 12.8 Å². The first-order valence-corrected chi connectivity index (χ1v) is 8.99. The molecule has 150 valence electrons. The molecule has 0 bridgehead atoms. The Hall–Kier alpha value is -2.09. The Morgan fingerprint density at radius 1 is 1.26 bits per heavy atom. The van der Waals surface area contributed by atoms with E-state index in [1.54, 1.807) is 29.2 Å². The van der Waals surface area contributed by atoms with Crippen LogP contribution < -0.4 is 5.32 Å². The number of carbonyl (C=O) groups is 2. The van der Waals surface area contributed by atoms with Gasteiger partial charge in [0.1, 0.15) is 6.61 Å². The predicted molar refractivity (Wildman–Crippen MR) is 94.1 cm³/mol. The Bertz CT molecular complexity index is 645. The average Bonchev–Trinajstić information content (AvgIpc) is 2.61. The molecule has 0 radical (unpaired) electrons. The fraction of sp³-hybridized carbons (Fsp3) is 0.579. The number of halogens is 3. The van der Waals surface area contributed by atoms with Crippen LogP contribution in [-0.4, -0.2) is 48.6 Å². The molecule has 2 rings (SSSR count). The molecule has 1 saturated heterocycles. The standard InChI is InChI=1S/C19H25F3N2O3/c1-13(2)17(25)23-16-4-3-9-24(10-16)18(26)15-7-5-14(6-8-15)11-27-12-19(20,21)22/h5-8,13,16H,3-4,9-12H2,1-2H3,(H,23,25). The van der Waals surface area contributed by atoms with E-state index in [0.717, 1.165) is 12.8 Å². The van der Waals surface area contributed by atoms with Crippen LogP contribution >= 0.6 is 0 Å². The molecular weight excluding hydrogens is 361 g/mol. The lowest BCUT2D eigenvalue weighted by Gasteiger charge is -2.33. The lowest BCUT2D eigenvalue weighted by molar-refractivity contribution is -0.176. The highest BCUT2D eigenvalue weighted by molar-refractivity contribution is 5.94. The summed E-state index contributed by atoms with van der Waals surface area (Å²) in [5.74, 6) is -0.290. The van der Waals surface area contributed by atoms with Gasteiger partial charge in [-0.1, -0.05) is 26.0 Å². The maximum atomic E-state index is 12.7. The number of ether oxygens (including phenoxy) is 1. The van der Waals surface area contributed by atoms with Crippen LogP contribution in [-0.2, 0) is 16.1 Å². The van der Waals surface area contributed by atoms with E-state index in [-0.39, 0.29) is 30.4 Å². The molecule has 0 saturated carbocycles. The zero-order valence-corrected chi connectivity index (χ0v) is 15.5. The molecule has 0 aromatic heterocycles. The van der Waals surface area contributed by atoms with Crippen molar-refractivity contribution in [3.8, 4) is 0 Å². The van der Waals surface area contributed by atoms with Crippen molar-refractivity contribution in [1.29, 1.82) is 0 Å². The van der Waals surface area contributed by atoms with Gasteiger partial charge in [-0.3, -0.25) is 9.59 Å². The van der Waals surface area contributed by atoms with Gasteiger partial charge in [-0.2, -0.15) is 13.2 Å². The molecule has 0 aliphatic carbocycles. The monoisotopic (exact) mass is 386 g/mol. The van der Waals surface area contributed by atoms with Crippen LogP contribution in [0, 0.1) is 5.92 Å². The first-order chi connectivity index (χ1) is 12.7. The highest BCUT2D eigenvalue weighted by Gasteiger charge is 2.28. The third-order valence-corrected chi connectivity index (χ3v) is 4.31. The Labute approximate surface area is 156 Å². The van der Waals surface area contributed by atoms with Crippen molar-refractivity contribution in [3.05, 3.63) is 35.4 Å². The van der Waals surface area contributed by atoms with Crippen LogP contribution in [0.1, 0.15) is 42.6 Å². The van der Waals surface area contributed by atoms with Crippen LogP contribution in [0.3, 0.4) is 0 Å². The largest absolute Gasteiger partial charge is 0.411 e. The van der Waals surface area contributed by atoms with E-state index in [1.807, 2.05) is 13.8 Å². The second-order valence-electron chi connectivity index (χ2n) is 7.06. The van der Waals surface area contributed by atoms with E-state index in [2.05, 4.69) is 10.1 Å². The molecular formula is C19H25F3N2O3. The normalized spacial score (nSPS) is 17.9. The number of rotatable bonds is 6. The third-order valence-electron chi connectivity index (χ3n) is 4.31. The van der Waals surface area contributed by atoms with Gasteiger partial charge in [-0.15, -0.1) is 0 Å². The van der Waals surface area contributed by atoms with E-state index in [1.165, 1.54) is 0 Å². The summed E-state index contributed by atoms with van der Waals surface area (Å²) in [6.07, 6.45) is -2.72. The molecule has 1 aliphatic heterocycles. The van der Waals surface area contributed by atoms with Crippen molar-refractivity contribution in [2.24, 2.45) is 5.92 Å². The van der Waals surface area contributed by atoms with Crippen LogP contribution in [0.5, 0.6) is 0 Å². The number of carbonyl (C=O) groups excluding carboxylic acids is 2. The summed E-state index contributed by atoms with van der Waals surface area (Å²) in [4.78, 5) is 26.2. The summed E-state index contributed by atoms with van der Waals surface area (Å²) >= 11 is 0. The smallest absolute Gasteiger partial charge is 0.367 e. The second-order valence-corrected chi connectivity index (χ2v) is 7.06. The van der Waals surface area contributed by atoms with Gasteiger partial charge in [0.2, 0.25) is 5.91 Å². The summed E-state index contributed by atoms with van der Waals surface area (Å²) in [6, 6.07) is 6.29. The molecule has 1 aliphatic rings. The molecule has 2 amide bonds. The van der Waals surface area contributed by atoms with Gasteiger partial charge in [-0.05, 0) is 30.5 Å². The molecule has 27 heavy (non-hydrogen) atoms. The van der Waals surface area contributed by atoms with E-state index in [9.17, 15) is 22.8 Å². The van der Waals surface area contributed by atoms with E-state index in [0.29, 0.717) is 24.2 Å². The SMILES string of the molecule is CC(C)C(=O)NC1CCCN(C(=O)c2ccc(COCC(F)(F)F)cc2)C1. The van der Waals surface area contributed by atoms with Crippen molar-refractivity contribution < 1.29 is 27.5 Å². The van der Waals surface area contributed by atoms with Crippen molar-refractivity contribution in [2.45, 2.75) is 45.5 Å². The highest BCUT2D eigenvalue weighted by atomic mass is 19.4. The van der Waals surface area contributed by atoms with Crippen LogP contribution in [0.4, 0.5) is 13.2 Å². The number of alkyl halides is 3. The quantitative estimate of drug-likeness (QED) is 0.817.